The van der Waals surface area contributed by atoms with Crippen molar-refractivity contribution in [3.8, 4) is 17.2 Å². The topological polar surface area (TPSA) is 65.2 Å². The number of ether oxygens (including phenoxy) is 1. The fourth-order valence-corrected chi connectivity index (χ4v) is 2.12. The largest absolute Gasteiger partial charge is 0.483 e. The van der Waals surface area contributed by atoms with E-state index in [2.05, 4.69) is 10.1 Å². The van der Waals surface area contributed by atoms with Crippen LogP contribution in [0.1, 0.15) is 36.1 Å². The highest BCUT2D eigenvalue weighted by molar-refractivity contribution is 5.94. The van der Waals surface area contributed by atoms with Gasteiger partial charge in [-0.1, -0.05) is 23.4 Å². The van der Waals surface area contributed by atoms with E-state index >= 15 is 0 Å². The van der Waals surface area contributed by atoms with E-state index in [0.717, 1.165) is 5.56 Å². The Labute approximate surface area is 133 Å². The highest BCUT2D eigenvalue weighted by atomic mass is 16.5. The molecule has 0 aliphatic rings. The summed E-state index contributed by atoms with van der Waals surface area (Å²) in [6.45, 7) is 3.38. The van der Waals surface area contributed by atoms with Gasteiger partial charge in [-0.25, -0.2) is 0 Å². The third kappa shape index (κ3) is 3.45. The quantitative estimate of drug-likeness (QED) is 0.664. The molecule has 0 aliphatic carbocycles. The molecule has 0 N–H and O–H groups in total. The Morgan fingerprint density at radius 3 is 2.43 bits per heavy atom. The van der Waals surface area contributed by atoms with Gasteiger partial charge >= 0.3 is 0 Å². The lowest BCUT2D eigenvalue weighted by Crippen LogP contribution is -2.05. The van der Waals surface area contributed by atoms with E-state index < -0.39 is 0 Å². The number of hydrogen-bond donors (Lipinski definition) is 0. The smallest absolute Gasteiger partial charge is 0.258 e. The molecule has 3 aromatic rings. The molecule has 0 bridgehead atoms. The van der Waals surface area contributed by atoms with Crippen molar-refractivity contribution in [2.45, 2.75) is 20.0 Å². The molecule has 2 aromatic carbocycles. The lowest BCUT2D eigenvalue weighted by molar-refractivity contribution is 0.101. The Morgan fingerprint density at radius 1 is 1.09 bits per heavy atom. The first-order valence-corrected chi connectivity index (χ1v) is 7.30. The maximum absolute atomic E-state index is 11.3. The molecule has 1 heterocycles. The van der Waals surface area contributed by atoms with Crippen LogP contribution in [0.5, 0.6) is 5.75 Å². The van der Waals surface area contributed by atoms with Gasteiger partial charge in [-0.05, 0) is 50.2 Å². The first kappa shape index (κ1) is 15.0. The molecule has 3 rings (SSSR count). The minimum absolute atomic E-state index is 0.0234. The molecule has 0 saturated heterocycles. The van der Waals surface area contributed by atoms with Gasteiger partial charge in [0.1, 0.15) is 5.75 Å². The third-order valence-electron chi connectivity index (χ3n) is 3.40. The predicted molar refractivity (Wildman–Crippen MR) is 85.2 cm³/mol. The Bertz CT molecular complexity index is 795. The second-order valence-corrected chi connectivity index (χ2v) is 5.16. The van der Waals surface area contributed by atoms with E-state index in [4.69, 9.17) is 9.26 Å². The molecule has 0 amide bonds. The summed E-state index contributed by atoms with van der Waals surface area (Å²) in [5.41, 5.74) is 1.51. The van der Waals surface area contributed by atoms with Gasteiger partial charge in [-0.15, -0.1) is 0 Å². The third-order valence-corrected chi connectivity index (χ3v) is 3.40. The number of hydrogen-bond acceptors (Lipinski definition) is 5. The lowest BCUT2D eigenvalue weighted by atomic mass is 10.1. The maximum Gasteiger partial charge on any atom is 0.258 e. The summed E-state index contributed by atoms with van der Waals surface area (Å²) < 4.78 is 11.1. The van der Waals surface area contributed by atoms with Gasteiger partial charge in [0.25, 0.3) is 5.89 Å². The molecule has 0 unspecified atom stereocenters. The van der Waals surface area contributed by atoms with E-state index in [-0.39, 0.29) is 11.9 Å². The molecule has 0 saturated carbocycles. The molecule has 116 valence electrons. The normalized spacial score (nSPS) is 11.9. The molecule has 0 aliphatic heterocycles. The molecule has 5 nitrogen and oxygen atoms in total. The number of Topliss-reactive ketones (excluding diaryl/α,β-unsaturated/α-hetero) is 1. The highest BCUT2D eigenvalue weighted by Gasteiger charge is 2.16. The zero-order valence-electron chi connectivity index (χ0n) is 12.9. The van der Waals surface area contributed by atoms with Crippen LogP contribution >= 0.6 is 0 Å². The minimum atomic E-state index is -0.362. The SMILES string of the molecule is CC(=O)c1ccc(O[C@H](C)c2noc(-c3ccccc3)n2)cc1. The van der Waals surface area contributed by atoms with Gasteiger partial charge in [0, 0.05) is 11.1 Å². The zero-order valence-corrected chi connectivity index (χ0v) is 12.9. The number of carbonyl (C=O) groups is 1. The lowest BCUT2D eigenvalue weighted by Gasteiger charge is -2.11. The fraction of sp³-hybridized carbons (Fsp3) is 0.167. The van der Waals surface area contributed by atoms with E-state index in [1.165, 1.54) is 6.92 Å². The van der Waals surface area contributed by atoms with Crippen LogP contribution in [0.2, 0.25) is 0 Å². The maximum atomic E-state index is 11.3. The van der Waals surface area contributed by atoms with Crippen LogP contribution in [0.25, 0.3) is 11.5 Å². The second kappa shape index (κ2) is 6.44. The summed E-state index contributed by atoms with van der Waals surface area (Å²) in [5, 5.41) is 3.97. The molecular formula is C18H16N2O3. The number of aromatic nitrogens is 2. The monoisotopic (exact) mass is 308 g/mol. The molecule has 1 aromatic heterocycles. The number of nitrogens with zero attached hydrogens (tertiary/aromatic N) is 2. The van der Waals surface area contributed by atoms with Crippen molar-refractivity contribution in [3.05, 3.63) is 66.0 Å². The van der Waals surface area contributed by atoms with Crippen LogP contribution in [0.4, 0.5) is 0 Å². The Balaban J connectivity index is 1.72. The van der Waals surface area contributed by atoms with Crippen molar-refractivity contribution in [3.63, 3.8) is 0 Å². The highest BCUT2D eigenvalue weighted by Crippen LogP contribution is 2.23. The Hall–Kier alpha value is -2.95. The van der Waals surface area contributed by atoms with Gasteiger partial charge in [0.2, 0.25) is 5.82 Å². The summed E-state index contributed by atoms with van der Waals surface area (Å²) in [6, 6.07) is 16.5. The minimum Gasteiger partial charge on any atom is -0.483 e. The first-order chi connectivity index (χ1) is 11.1. The summed E-state index contributed by atoms with van der Waals surface area (Å²) in [7, 11) is 0. The van der Waals surface area contributed by atoms with Gasteiger partial charge in [-0.3, -0.25) is 4.79 Å². The van der Waals surface area contributed by atoms with Crippen LogP contribution in [-0.2, 0) is 0 Å². The van der Waals surface area contributed by atoms with Gasteiger partial charge in [-0.2, -0.15) is 4.98 Å². The van der Waals surface area contributed by atoms with E-state index in [1.807, 2.05) is 37.3 Å². The van der Waals surface area contributed by atoms with Crippen LogP contribution in [0.15, 0.2) is 59.1 Å². The van der Waals surface area contributed by atoms with Crippen molar-refractivity contribution >= 4 is 5.78 Å². The molecule has 0 radical (unpaired) electrons. The molecular weight excluding hydrogens is 292 g/mol. The van der Waals surface area contributed by atoms with Crippen molar-refractivity contribution in [2.24, 2.45) is 0 Å². The zero-order chi connectivity index (χ0) is 16.2. The number of ketones is 1. The summed E-state index contributed by atoms with van der Waals surface area (Å²) in [5.74, 6) is 1.60. The number of benzene rings is 2. The van der Waals surface area contributed by atoms with Crippen molar-refractivity contribution in [2.75, 3.05) is 0 Å². The second-order valence-electron chi connectivity index (χ2n) is 5.16. The fourth-order valence-electron chi connectivity index (χ4n) is 2.12. The summed E-state index contributed by atoms with van der Waals surface area (Å²) in [6.07, 6.45) is -0.362. The average molecular weight is 308 g/mol. The van der Waals surface area contributed by atoms with E-state index in [9.17, 15) is 4.79 Å². The predicted octanol–water partition coefficient (Wildman–Crippen LogP) is 4.08. The van der Waals surface area contributed by atoms with Crippen LogP contribution < -0.4 is 4.74 Å². The van der Waals surface area contributed by atoms with Gasteiger partial charge in [0.15, 0.2) is 11.9 Å². The molecule has 0 spiro atoms. The summed E-state index contributed by atoms with van der Waals surface area (Å²) >= 11 is 0. The molecule has 23 heavy (non-hydrogen) atoms. The number of carbonyl (C=O) groups excluding carboxylic acids is 1. The first-order valence-electron chi connectivity index (χ1n) is 7.30. The molecule has 1 atom stereocenters. The molecule has 0 fully saturated rings. The van der Waals surface area contributed by atoms with Crippen LogP contribution in [0, 0.1) is 0 Å². The van der Waals surface area contributed by atoms with Crippen molar-refractivity contribution in [1.29, 1.82) is 0 Å². The Kier molecular flexibility index (Phi) is 4.19. The molecule has 5 heteroatoms. The van der Waals surface area contributed by atoms with Gasteiger partial charge in [0.05, 0.1) is 0 Å². The van der Waals surface area contributed by atoms with Crippen LogP contribution in [0.3, 0.4) is 0 Å². The van der Waals surface area contributed by atoms with Crippen LogP contribution in [-0.4, -0.2) is 15.9 Å². The van der Waals surface area contributed by atoms with Crippen molar-refractivity contribution in [1.82, 2.24) is 10.1 Å². The Morgan fingerprint density at radius 2 is 1.78 bits per heavy atom. The van der Waals surface area contributed by atoms with Gasteiger partial charge < -0.3 is 9.26 Å². The van der Waals surface area contributed by atoms with E-state index in [1.54, 1.807) is 24.3 Å². The standard InChI is InChI=1S/C18H16N2O3/c1-12(21)14-8-10-16(11-9-14)22-13(2)17-19-18(23-20-17)15-6-4-3-5-7-15/h3-11,13H,1-2H3/t13-/m1/s1. The average Bonchev–Trinajstić information content (AvgIpc) is 3.06. The summed E-state index contributed by atoms with van der Waals surface area (Å²) in [4.78, 5) is 15.6. The van der Waals surface area contributed by atoms with Crippen molar-refractivity contribution < 1.29 is 14.1 Å². The van der Waals surface area contributed by atoms with E-state index in [0.29, 0.717) is 23.0 Å². The number of rotatable bonds is 5.